The molecule has 1 aromatic heterocycles. The summed E-state index contributed by atoms with van der Waals surface area (Å²) in [6.45, 7) is 0. The molecule has 1 rings (SSSR count). The number of pyridine rings is 1. The number of halogens is 6. The van der Waals surface area contributed by atoms with Gasteiger partial charge in [0.05, 0.1) is 0 Å². The van der Waals surface area contributed by atoms with Crippen LogP contribution in [0, 0.1) is 0 Å². The first kappa shape index (κ1) is 12.2. The van der Waals surface area contributed by atoms with Crippen LogP contribution in [0.25, 0.3) is 0 Å². The zero-order valence-corrected chi connectivity index (χ0v) is 8.40. The van der Waals surface area contributed by atoms with E-state index < -0.39 is 34.2 Å². The standard InChI is InChI=1S/C7H3BrF5NO/c8-5-4(15)2(7(11,12)13)1-3(14-5)6(9)10/h1,6,15H. The quantitative estimate of drug-likeness (QED) is 0.634. The van der Waals surface area contributed by atoms with Crippen LogP contribution in [0.3, 0.4) is 0 Å². The smallest absolute Gasteiger partial charge is 0.420 e. The van der Waals surface area contributed by atoms with Gasteiger partial charge in [-0.15, -0.1) is 0 Å². The van der Waals surface area contributed by atoms with Gasteiger partial charge in [0, 0.05) is 0 Å². The minimum Gasteiger partial charge on any atom is -0.505 e. The number of aromatic hydroxyl groups is 1. The molecule has 0 saturated heterocycles. The fraction of sp³-hybridized carbons (Fsp3) is 0.286. The normalized spacial score (nSPS) is 12.2. The minimum atomic E-state index is -4.90. The number of nitrogens with zero attached hydrogens (tertiary/aromatic N) is 1. The van der Waals surface area contributed by atoms with E-state index in [1.807, 2.05) is 0 Å². The van der Waals surface area contributed by atoms with Gasteiger partial charge >= 0.3 is 6.18 Å². The number of alkyl halides is 5. The third-order valence-electron chi connectivity index (χ3n) is 1.50. The number of aromatic nitrogens is 1. The van der Waals surface area contributed by atoms with Gasteiger partial charge in [-0.1, -0.05) is 0 Å². The molecule has 8 heteroatoms. The summed E-state index contributed by atoms with van der Waals surface area (Å²) < 4.78 is 60.2. The first-order valence-corrected chi connectivity index (χ1v) is 4.27. The van der Waals surface area contributed by atoms with Gasteiger partial charge in [-0.2, -0.15) is 13.2 Å². The lowest BCUT2D eigenvalue weighted by atomic mass is 10.2. The Morgan fingerprint density at radius 2 is 1.87 bits per heavy atom. The second-order valence-electron chi connectivity index (χ2n) is 2.53. The lowest BCUT2D eigenvalue weighted by Gasteiger charge is -2.11. The predicted molar refractivity (Wildman–Crippen MR) is 43.6 cm³/mol. The number of rotatable bonds is 1. The zero-order valence-electron chi connectivity index (χ0n) is 6.82. The van der Waals surface area contributed by atoms with E-state index in [9.17, 15) is 22.0 Å². The Morgan fingerprint density at radius 1 is 1.33 bits per heavy atom. The van der Waals surface area contributed by atoms with Crippen LogP contribution in [0.5, 0.6) is 5.75 Å². The first-order valence-electron chi connectivity index (χ1n) is 3.48. The van der Waals surface area contributed by atoms with Crippen molar-refractivity contribution in [1.82, 2.24) is 4.98 Å². The lowest BCUT2D eigenvalue weighted by Crippen LogP contribution is -2.08. The molecule has 0 unspecified atom stereocenters. The Labute approximate surface area is 88.9 Å². The van der Waals surface area contributed by atoms with Gasteiger partial charge in [-0.05, 0) is 22.0 Å². The van der Waals surface area contributed by atoms with Crippen LogP contribution in [0.15, 0.2) is 10.7 Å². The van der Waals surface area contributed by atoms with Gasteiger partial charge in [-0.3, -0.25) is 0 Å². The van der Waals surface area contributed by atoms with E-state index in [1.165, 1.54) is 0 Å². The summed E-state index contributed by atoms with van der Waals surface area (Å²) in [4.78, 5) is 3.06. The van der Waals surface area contributed by atoms with Crippen molar-refractivity contribution in [2.45, 2.75) is 12.6 Å². The Kier molecular flexibility index (Phi) is 3.17. The molecule has 2 nitrogen and oxygen atoms in total. The molecule has 1 N–H and O–H groups in total. The maximum absolute atomic E-state index is 12.2. The summed E-state index contributed by atoms with van der Waals surface area (Å²) in [7, 11) is 0. The van der Waals surface area contributed by atoms with E-state index in [4.69, 9.17) is 5.11 Å². The fourth-order valence-electron chi connectivity index (χ4n) is 0.854. The van der Waals surface area contributed by atoms with E-state index in [-0.39, 0.29) is 6.07 Å². The van der Waals surface area contributed by atoms with E-state index in [0.29, 0.717) is 0 Å². The summed E-state index contributed by atoms with van der Waals surface area (Å²) in [5, 5.41) is 8.97. The van der Waals surface area contributed by atoms with Crippen molar-refractivity contribution in [1.29, 1.82) is 0 Å². The van der Waals surface area contributed by atoms with Crippen molar-refractivity contribution in [3.63, 3.8) is 0 Å². The topological polar surface area (TPSA) is 33.1 Å². The summed E-state index contributed by atoms with van der Waals surface area (Å²) in [6.07, 6.45) is -8.04. The number of hydrogen-bond acceptors (Lipinski definition) is 2. The summed E-state index contributed by atoms with van der Waals surface area (Å²) in [5.41, 5.74) is -2.59. The van der Waals surface area contributed by atoms with Crippen LogP contribution >= 0.6 is 15.9 Å². The molecule has 0 spiro atoms. The third kappa shape index (κ3) is 2.55. The highest BCUT2D eigenvalue weighted by molar-refractivity contribution is 9.10. The van der Waals surface area contributed by atoms with Gasteiger partial charge in [0.2, 0.25) is 0 Å². The van der Waals surface area contributed by atoms with E-state index in [1.54, 1.807) is 0 Å². The molecule has 0 radical (unpaired) electrons. The molecule has 0 fully saturated rings. The summed E-state index contributed by atoms with van der Waals surface area (Å²) in [6, 6.07) is 0.116. The van der Waals surface area contributed by atoms with Crippen LogP contribution in [-0.4, -0.2) is 10.1 Å². The second-order valence-corrected chi connectivity index (χ2v) is 3.28. The molecule has 0 aliphatic rings. The Morgan fingerprint density at radius 3 is 2.27 bits per heavy atom. The highest BCUT2D eigenvalue weighted by Gasteiger charge is 2.36. The van der Waals surface area contributed by atoms with E-state index in [0.717, 1.165) is 0 Å². The van der Waals surface area contributed by atoms with Gasteiger partial charge < -0.3 is 5.11 Å². The Hall–Kier alpha value is -0.920. The average Bonchev–Trinajstić information content (AvgIpc) is 2.06. The summed E-state index contributed by atoms with van der Waals surface area (Å²) in [5.74, 6) is -1.20. The van der Waals surface area contributed by atoms with Crippen molar-refractivity contribution in [2.24, 2.45) is 0 Å². The largest absolute Gasteiger partial charge is 0.505 e. The van der Waals surface area contributed by atoms with Crippen LogP contribution in [0.4, 0.5) is 22.0 Å². The van der Waals surface area contributed by atoms with E-state index >= 15 is 0 Å². The molecule has 0 aliphatic carbocycles. The van der Waals surface area contributed by atoms with Crippen molar-refractivity contribution in [2.75, 3.05) is 0 Å². The SMILES string of the molecule is Oc1c(C(F)(F)F)cc(C(F)F)nc1Br. The van der Waals surface area contributed by atoms with Crippen LogP contribution in [0.1, 0.15) is 17.7 Å². The molecule has 0 aliphatic heterocycles. The molecule has 0 amide bonds. The highest BCUT2D eigenvalue weighted by Crippen LogP contribution is 2.40. The van der Waals surface area contributed by atoms with Crippen LogP contribution < -0.4 is 0 Å². The molecule has 0 aromatic carbocycles. The molecule has 84 valence electrons. The third-order valence-corrected chi connectivity index (χ3v) is 2.05. The van der Waals surface area contributed by atoms with Crippen molar-refractivity contribution < 1.29 is 27.1 Å². The molecule has 0 atom stereocenters. The zero-order chi connectivity index (χ0) is 11.8. The molecule has 1 heterocycles. The summed E-state index contributed by atoms with van der Waals surface area (Å²) >= 11 is 2.46. The van der Waals surface area contributed by atoms with Gasteiger partial charge in [0.15, 0.2) is 5.75 Å². The van der Waals surface area contributed by atoms with Crippen LogP contribution in [0.2, 0.25) is 0 Å². The Balaban J connectivity index is 3.38. The highest BCUT2D eigenvalue weighted by atomic mass is 79.9. The molecule has 1 aromatic rings. The fourth-order valence-corrected chi connectivity index (χ4v) is 1.27. The molecule has 0 saturated carbocycles. The average molecular weight is 292 g/mol. The van der Waals surface area contributed by atoms with Gasteiger partial charge in [0.25, 0.3) is 6.43 Å². The van der Waals surface area contributed by atoms with Crippen molar-refractivity contribution in [3.05, 3.63) is 21.9 Å². The monoisotopic (exact) mass is 291 g/mol. The second kappa shape index (κ2) is 3.92. The van der Waals surface area contributed by atoms with Crippen molar-refractivity contribution >= 4 is 15.9 Å². The molecular weight excluding hydrogens is 289 g/mol. The maximum atomic E-state index is 12.2. The first-order chi connectivity index (χ1) is 6.73. The Bertz CT molecular complexity index is 378. The number of hydrogen-bond donors (Lipinski definition) is 1. The molecule has 0 bridgehead atoms. The lowest BCUT2D eigenvalue weighted by molar-refractivity contribution is -0.139. The molecule has 15 heavy (non-hydrogen) atoms. The maximum Gasteiger partial charge on any atom is 0.420 e. The van der Waals surface area contributed by atoms with Gasteiger partial charge in [-0.25, -0.2) is 13.8 Å². The predicted octanol–water partition coefficient (Wildman–Crippen LogP) is 3.51. The minimum absolute atomic E-state index is 0.116. The van der Waals surface area contributed by atoms with E-state index in [2.05, 4.69) is 20.9 Å². The van der Waals surface area contributed by atoms with Crippen LogP contribution in [-0.2, 0) is 6.18 Å². The molecular formula is C7H3BrF5NO. The van der Waals surface area contributed by atoms with Gasteiger partial charge in [0.1, 0.15) is 15.9 Å². The van der Waals surface area contributed by atoms with Crippen molar-refractivity contribution in [3.8, 4) is 5.75 Å².